The fourth-order valence-electron chi connectivity index (χ4n) is 1.45. The van der Waals surface area contributed by atoms with Crippen molar-refractivity contribution in [2.75, 3.05) is 5.73 Å². The van der Waals surface area contributed by atoms with E-state index in [1.54, 1.807) is 13.1 Å². The summed E-state index contributed by atoms with van der Waals surface area (Å²) in [5.74, 6) is 0.552. The normalized spacial score (nSPS) is 11.8. The summed E-state index contributed by atoms with van der Waals surface area (Å²) < 4.78 is 39.0. The molecule has 90 valence electrons. The molecule has 0 saturated carbocycles. The molecule has 0 aliphatic carbocycles. The van der Waals surface area contributed by atoms with E-state index in [2.05, 4.69) is 9.97 Å². The second-order valence-corrected chi connectivity index (χ2v) is 3.47. The van der Waals surface area contributed by atoms with Crippen molar-refractivity contribution < 1.29 is 13.2 Å². The number of nitrogens with zero attached hydrogens (tertiary/aromatic N) is 3. The molecule has 2 heterocycles. The van der Waals surface area contributed by atoms with Crippen molar-refractivity contribution in [3.05, 3.63) is 36.2 Å². The highest BCUT2D eigenvalue weighted by molar-refractivity contribution is 5.57. The molecule has 2 aromatic rings. The fraction of sp³-hybridized carbons (Fsp3) is 0.200. The van der Waals surface area contributed by atoms with Crippen LogP contribution < -0.4 is 5.73 Å². The van der Waals surface area contributed by atoms with Crippen molar-refractivity contribution in [3.63, 3.8) is 0 Å². The van der Waals surface area contributed by atoms with Gasteiger partial charge in [0.25, 0.3) is 0 Å². The van der Waals surface area contributed by atoms with Gasteiger partial charge < -0.3 is 10.3 Å². The number of imidazole rings is 1. The summed E-state index contributed by atoms with van der Waals surface area (Å²) >= 11 is 0. The first kappa shape index (κ1) is 11.4. The van der Waals surface area contributed by atoms with Crippen LogP contribution in [0, 0.1) is 6.92 Å². The molecule has 0 fully saturated rings. The summed E-state index contributed by atoms with van der Waals surface area (Å²) in [7, 11) is 0. The Labute approximate surface area is 94.9 Å². The molecule has 0 aromatic carbocycles. The van der Waals surface area contributed by atoms with E-state index in [0.29, 0.717) is 5.82 Å². The Hall–Kier alpha value is -2.05. The second kappa shape index (κ2) is 3.76. The number of halogens is 3. The van der Waals surface area contributed by atoms with Crippen LogP contribution in [0.5, 0.6) is 0 Å². The minimum Gasteiger partial charge on any atom is -0.396 e. The Balaban J connectivity index is 2.58. The molecule has 0 spiro atoms. The molecular formula is C10H9F3N4. The maximum atomic E-state index is 12.5. The van der Waals surface area contributed by atoms with Gasteiger partial charge in [-0.3, -0.25) is 0 Å². The Morgan fingerprint density at radius 2 is 2.00 bits per heavy atom. The third-order valence-corrected chi connectivity index (χ3v) is 2.29. The highest BCUT2D eigenvalue weighted by atomic mass is 19.4. The van der Waals surface area contributed by atoms with Gasteiger partial charge in [-0.25, -0.2) is 9.97 Å². The lowest BCUT2D eigenvalue weighted by Gasteiger charge is -2.11. The van der Waals surface area contributed by atoms with Crippen LogP contribution in [0.2, 0.25) is 0 Å². The lowest BCUT2D eigenvalue weighted by molar-refractivity contribution is -0.141. The molecule has 0 aliphatic rings. The van der Waals surface area contributed by atoms with Crippen LogP contribution in [0.3, 0.4) is 0 Å². The molecule has 0 radical (unpaired) electrons. The van der Waals surface area contributed by atoms with Gasteiger partial charge in [-0.1, -0.05) is 0 Å². The topological polar surface area (TPSA) is 56.7 Å². The van der Waals surface area contributed by atoms with Crippen LogP contribution in [-0.4, -0.2) is 14.5 Å². The molecule has 0 amide bonds. The molecule has 17 heavy (non-hydrogen) atoms. The van der Waals surface area contributed by atoms with Gasteiger partial charge in [-0.05, 0) is 13.0 Å². The number of hydrogen-bond acceptors (Lipinski definition) is 3. The zero-order chi connectivity index (χ0) is 12.6. The number of nitrogens with two attached hydrogens (primary N) is 1. The average Bonchev–Trinajstić information content (AvgIpc) is 2.63. The van der Waals surface area contributed by atoms with E-state index in [-0.39, 0.29) is 11.4 Å². The minimum absolute atomic E-state index is 0.166. The molecule has 0 unspecified atom stereocenters. The van der Waals surface area contributed by atoms with Gasteiger partial charge in [-0.2, -0.15) is 13.2 Å². The smallest absolute Gasteiger partial charge is 0.396 e. The maximum Gasteiger partial charge on any atom is 0.433 e. The van der Waals surface area contributed by atoms with Crippen molar-refractivity contribution in [3.8, 4) is 5.69 Å². The van der Waals surface area contributed by atoms with Gasteiger partial charge in [0.1, 0.15) is 11.5 Å². The summed E-state index contributed by atoms with van der Waals surface area (Å²) in [6.07, 6.45) is -0.460. The van der Waals surface area contributed by atoms with Crippen molar-refractivity contribution in [2.24, 2.45) is 0 Å². The van der Waals surface area contributed by atoms with E-state index in [1.807, 2.05) is 0 Å². The van der Waals surface area contributed by atoms with Gasteiger partial charge in [0.2, 0.25) is 0 Å². The van der Waals surface area contributed by atoms with Crippen molar-refractivity contribution in [1.82, 2.24) is 14.5 Å². The molecule has 0 saturated heterocycles. The third kappa shape index (κ3) is 2.08. The first-order valence-corrected chi connectivity index (χ1v) is 4.72. The zero-order valence-corrected chi connectivity index (χ0v) is 8.86. The van der Waals surface area contributed by atoms with Crippen LogP contribution in [0.25, 0.3) is 5.69 Å². The Morgan fingerprint density at radius 3 is 2.53 bits per heavy atom. The number of aromatic nitrogens is 3. The predicted octanol–water partition coefficient (Wildman–Crippen LogP) is 2.18. The molecule has 7 heteroatoms. The summed E-state index contributed by atoms with van der Waals surface area (Å²) in [4.78, 5) is 7.20. The van der Waals surface area contributed by atoms with E-state index in [9.17, 15) is 13.2 Å². The number of pyridine rings is 1. The van der Waals surface area contributed by atoms with Gasteiger partial charge in [-0.15, -0.1) is 0 Å². The van der Waals surface area contributed by atoms with E-state index < -0.39 is 11.9 Å². The van der Waals surface area contributed by atoms with Crippen molar-refractivity contribution in [1.29, 1.82) is 0 Å². The van der Waals surface area contributed by atoms with Crippen molar-refractivity contribution in [2.45, 2.75) is 13.1 Å². The Bertz CT molecular complexity index is 545. The minimum atomic E-state index is -4.49. The third-order valence-electron chi connectivity index (χ3n) is 2.29. The molecule has 2 aromatic heterocycles. The predicted molar refractivity (Wildman–Crippen MR) is 55.5 cm³/mol. The SMILES string of the molecule is Cc1nccn1-c1cc(C(F)(F)F)ncc1N. The number of rotatable bonds is 1. The first-order valence-electron chi connectivity index (χ1n) is 4.72. The largest absolute Gasteiger partial charge is 0.433 e. The van der Waals surface area contributed by atoms with E-state index in [0.717, 1.165) is 12.3 Å². The standard InChI is InChI=1S/C10H9F3N4/c1-6-15-2-3-17(6)8-4-9(10(11,12)13)16-5-7(8)14/h2-5H,14H2,1H3. The van der Waals surface area contributed by atoms with Gasteiger partial charge in [0.15, 0.2) is 0 Å². The van der Waals surface area contributed by atoms with Crippen molar-refractivity contribution >= 4 is 5.69 Å². The van der Waals surface area contributed by atoms with E-state index in [4.69, 9.17) is 5.73 Å². The van der Waals surface area contributed by atoms with Crippen LogP contribution in [0.15, 0.2) is 24.7 Å². The summed E-state index contributed by atoms with van der Waals surface area (Å²) in [5.41, 5.74) is 5.03. The fourth-order valence-corrected chi connectivity index (χ4v) is 1.45. The molecule has 0 aliphatic heterocycles. The maximum absolute atomic E-state index is 12.5. The monoisotopic (exact) mass is 242 g/mol. The lowest BCUT2D eigenvalue weighted by atomic mass is 10.2. The van der Waals surface area contributed by atoms with E-state index >= 15 is 0 Å². The van der Waals surface area contributed by atoms with Gasteiger partial charge >= 0.3 is 6.18 Å². The number of alkyl halides is 3. The zero-order valence-electron chi connectivity index (χ0n) is 8.86. The summed E-state index contributed by atoms with van der Waals surface area (Å²) in [5, 5.41) is 0. The first-order chi connectivity index (χ1) is 7.89. The summed E-state index contributed by atoms with van der Waals surface area (Å²) in [6.45, 7) is 1.67. The van der Waals surface area contributed by atoms with E-state index in [1.165, 1.54) is 10.8 Å². The van der Waals surface area contributed by atoms with Crippen LogP contribution in [0.4, 0.5) is 18.9 Å². The van der Waals surface area contributed by atoms with Gasteiger partial charge in [0, 0.05) is 12.4 Å². The van der Waals surface area contributed by atoms with Crippen LogP contribution in [-0.2, 0) is 6.18 Å². The average molecular weight is 242 g/mol. The second-order valence-electron chi connectivity index (χ2n) is 3.47. The molecular weight excluding hydrogens is 233 g/mol. The molecule has 0 atom stereocenters. The summed E-state index contributed by atoms with van der Waals surface area (Å²) in [6, 6.07) is 0.907. The molecule has 2 N–H and O–H groups in total. The number of aryl methyl sites for hydroxylation is 1. The molecule has 2 rings (SSSR count). The molecule has 0 bridgehead atoms. The number of anilines is 1. The highest BCUT2D eigenvalue weighted by Crippen LogP contribution is 2.30. The van der Waals surface area contributed by atoms with Crippen LogP contribution >= 0.6 is 0 Å². The molecule has 4 nitrogen and oxygen atoms in total. The number of nitrogen functional groups attached to an aromatic ring is 1. The number of hydrogen-bond donors (Lipinski definition) is 1. The lowest BCUT2D eigenvalue weighted by Crippen LogP contribution is -2.11. The Morgan fingerprint density at radius 1 is 1.29 bits per heavy atom. The quantitative estimate of drug-likeness (QED) is 0.833. The van der Waals surface area contributed by atoms with Crippen LogP contribution in [0.1, 0.15) is 11.5 Å². The highest BCUT2D eigenvalue weighted by Gasteiger charge is 2.33. The van der Waals surface area contributed by atoms with Gasteiger partial charge in [0.05, 0.1) is 17.6 Å². The Kier molecular flexibility index (Phi) is 2.53.